The van der Waals surface area contributed by atoms with Crippen molar-refractivity contribution in [3.63, 3.8) is 0 Å². The number of benzene rings is 1. The third-order valence-corrected chi connectivity index (χ3v) is 3.98. The number of methoxy groups -OCH3 is 1. The van der Waals surface area contributed by atoms with E-state index in [-0.39, 0.29) is 5.97 Å². The first-order valence-electron chi connectivity index (χ1n) is 6.39. The van der Waals surface area contributed by atoms with E-state index in [9.17, 15) is 4.79 Å². The van der Waals surface area contributed by atoms with Gasteiger partial charge in [-0.1, -0.05) is 23.9 Å². The molecule has 0 amide bonds. The smallest absolute Gasteiger partial charge is 0.337 e. The molecule has 5 nitrogen and oxygen atoms in total. The number of carbonyl (C=O) groups excluding carboxylic acids is 1. The molecular weight excluding hydrogens is 276 g/mol. The normalized spacial score (nSPS) is 14.2. The average molecular weight is 290 g/mol. The van der Waals surface area contributed by atoms with Gasteiger partial charge < -0.3 is 9.15 Å². The molecule has 0 saturated heterocycles. The van der Waals surface area contributed by atoms with Crippen LogP contribution in [0.25, 0.3) is 0 Å². The van der Waals surface area contributed by atoms with Gasteiger partial charge in [0.05, 0.1) is 12.7 Å². The first-order valence-corrected chi connectivity index (χ1v) is 7.38. The van der Waals surface area contributed by atoms with Crippen LogP contribution in [0, 0.1) is 0 Å². The summed E-state index contributed by atoms with van der Waals surface area (Å²) in [6.45, 7) is 0. The SMILES string of the molecule is COC(=O)c1ccc(CSc2nnc(C3CC3)o2)cc1. The lowest BCUT2D eigenvalue weighted by Crippen LogP contribution is -2.00. The molecule has 1 aromatic heterocycles. The highest BCUT2D eigenvalue weighted by Crippen LogP contribution is 2.40. The van der Waals surface area contributed by atoms with Crippen LogP contribution in [-0.4, -0.2) is 23.3 Å². The van der Waals surface area contributed by atoms with Gasteiger partial charge in [0, 0.05) is 11.7 Å². The fourth-order valence-electron chi connectivity index (χ4n) is 1.77. The van der Waals surface area contributed by atoms with Crippen LogP contribution in [0.3, 0.4) is 0 Å². The van der Waals surface area contributed by atoms with Crippen molar-refractivity contribution in [2.45, 2.75) is 29.7 Å². The molecule has 3 rings (SSSR count). The summed E-state index contributed by atoms with van der Waals surface area (Å²) in [7, 11) is 1.37. The quantitative estimate of drug-likeness (QED) is 0.623. The Labute approximate surface area is 120 Å². The van der Waals surface area contributed by atoms with E-state index >= 15 is 0 Å². The van der Waals surface area contributed by atoms with E-state index in [1.54, 1.807) is 12.1 Å². The van der Waals surface area contributed by atoms with Crippen LogP contribution >= 0.6 is 11.8 Å². The van der Waals surface area contributed by atoms with Gasteiger partial charge in [-0.2, -0.15) is 0 Å². The van der Waals surface area contributed by atoms with Gasteiger partial charge >= 0.3 is 5.97 Å². The molecule has 0 unspecified atom stereocenters. The summed E-state index contributed by atoms with van der Waals surface area (Å²) in [5.74, 6) is 1.65. The van der Waals surface area contributed by atoms with Crippen molar-refractivity contribution < 1.29 is 13.9 Å². The third-order valence-electron chi connectivity index (χ3n) is 3.09. The summed E-state index contributed by atoms with van der Waals surface area (Å²) in [5, 5.41) is 8.66. The standard InChI is InChI=1S/C14H14N2O3S/c1-18-13(17)11-4-2-9(3-5-11)8-20-14-16-15-12(19-14)10-6-7-10/h2-5,10H,6-8H2,1H3. The van der Waals surface area contributed by atoms with Crippen molar-refractivity contribution in [3.8, 4) is 0 Å². The molecule has 0 spiro atoms. The van der Waals surface area contributed by atoms with Crippen LogP contribution in [-0.2, 0) is 10.5 Å². The summed E-state index contributed by atoms with van der Waals surface area (Å²) in [4.78, 5) is 11.3. The monoisotopic (exact) mass is 290 g/mol. The molecular formula is C14H14N2O3S. The van der Waals surface area contributed by atoms with E-state index in [0.29, 0.717) is 16.7 Å². The number of nitrogens with zero attached hydrogens (tertiary/aromatic N) is 2. The van der Waals surface area contributed by atoms with E-state index in [1.807, 2.05) is 12.1 Å². The molecule has 1 fully saturated rings. The second-order valence-corrected chi connectivity index (χ2v) is 5.58. The predicted octanol–water partition coefficient (Wildman–Crippen LogP) is 3.03. The minimum atomic E-state index is -0.324. The van der Waals surface area contributed by atoms with Gasteiger partial charge in [0.15, 0.2) is 0 Å². The molecule has 0 radical (unpaired) electrons. The summed E-state index contributed by atoms with van der Waals surface area (Å²) in [6, 6.07) is 7.31. The van der Waals surface area contributed by atoms with Crippen LogP contribution in [0.2, 0.25) is 0 Å². The van der Waals surface area contributed by atoms with Crippen LogP contribution in [0.4, 0.5) is 0 Å². The van der Waals surface area contributed by atoms with Crippen molar-refractivity contribution in [1.29, 1.82) is 0 Å². The molecule has 2 aromatic rings. The minimum absolute atomic E-state index is 0.324. The Bertz CT molecular complexity index is 605. The van der Waals surface area contributed by atoms with Crippen molar-refractivity contribution in [3.05, 3.63) is 41.3 Å². The van der Waals surface area contributed by atoms with Crippen molar-refractivity contribution >= 4 is 17.7 Å². The Morgan fingerprint density at radius 2 is 2.10 bits per heavy atom. The van der Waals surface area contributed by atoms with Gasteiger partial charge in [-0.25, -0.2) is 4.79 Å². The first kappa shape index (κ1) is 13.2. The van der Waals surface area contributed by atoms with Crippen molar-refractivity contribution in [2.24, 2.45) is 0 Å². The Balaban J connectivity index is 1.58. The number of esters is 1. The Morgan fingerprint density at radius 1 is 1.35 bits per heavy atom. The zero-order valence-electron chi connectivity index (χ0n) is 11.0. The molecule has 0 aliphatic heterocycles. The molecule has 0 atom stereocenters. The number of hydrogen-bond donors (Lipinski definition) is 0. The maximum Gasteiger partial charge on any atom is 0.337 e. The number of ether oxygens (including phenoxy) is 1. The average Bonchev–Trinajstić information content (AvgIpc) is 3.24. The Hall–Kier alpha value is -1.82. The number of rotatable bonds is 5. The van der Waals surface area contributed by atoms with E-state index in [0.717, 1.165) is 30.0 Å². The molecule has 104 valence electrons. The maximum atomic E-state index is 11.3. The Kier molecular flexibility index (Phi) is 3.73. The lowest BCUT2D eigenvalue weighted by Gasteiger charge is -2.01. The molecule has 1 aromatic carbocycles. The summed E-state index contributed by atoms with van der Waals surface area (Å²) >= 11 is 1.50. The van der Waals surface area contributed by atoms with Gasteiger partial charge in [0.1, 0.15) is 0 Å². The van der Waals surface area contributed by atoms with Crippen LogP contribution < -0.4 is 0 Å². The Morgan fingerprint density at radius 3 is 2.75 bits per heavy atom. The molecule has 0 N–H and O–H groups in total. The second-order valence-electron chi connectivity index (χ2n) is 4.66. The van der Waals surface area contributed by atoms with Gasteiger partial charge in [0.25, 0.3) is 5.22 Å². The van der Waals surface area contributed by atoms with Crippen LogP contribution in [0.1, 0.15) is 40.6 Å². The lowest BCUT2D eigenvalue weighted by atomic mass is 10.1. The fourth-order valence-corrected chi connectivity index (χ4v) is 2.50. The lowest BCUT2D eigenvalue weighted by molar-refractivity contribution is 0.0600. The predicted molar refractivity (Wildman–Crippen MR) is 73.6 cm³/mol. The summed E-state index contributed by atoms with van der Waals surface area (Å²) in [6.07, 6.45) is 2.31. The van der Waals surface area contributed by atoms with E-state index < -0.39 is 0 Å². The van der Waals surface area contributed by atoms with Gasteiger partial charge in [-0.05, 0) is 30.5 Å². The molecule has 6 heteroatoms. The van der Waals surface area contributed by atoms with Crippen molar-refractivity contribution in [1.82, 2.24) is 10.2 Å². The largest absolute Gasteiger partial charge is 0.465 e. The molecule has 1 aliphatic rings. The highest BCUT2D eigenvalue weighted by atomic mass is 32.2. The first-order chi connectivity index (χ1) is 9.76. The van der Waals surface area contributed by atoms with Crippen LogP contribution in [0.15, 0.2) is 33.9 Å². The maximum absolute atomic E-state index is 11.3. The molecule has 1 aliphatic carbocycles. The number of hydrogen-bond acceptors (Lipinski definition) is 6. The van der Waals surface area contributed by atoms with Crippen LogP contribution in [0.5, 0.6) is 0 Å². The number of carbonyl (C=O) groups is 1. The third kappa shape index (κ3) is 3.01. The van der Waals surface area contributed by atoms with Crippen molar-refractivity contribution in [2.75, 3.05) is 7.11 Å². The highest BCUT2D eigenvalue weighted by molar-refractivity contribution is 7.98. The molecule has 1 saturated carbocycles. The molecule has 0 bridgehead atoms. The fraction of sp³-hybridized carbons (Fsp3) is 0.357. The number of thioether (sulfide) groups is 1. The van der Waals surface area contributed by atoms with E-state index in [1.165, 1.54) is 18.9 Å². The van der Waals surface area contributed by atoms with E-state index in [4.69, 9.17) is 4.42 Å². The zero-order valence-corrected chi connectivity index (χ0v) is 11.9. The second kappa shape index (κ2) is 5.66. The summed E-state index contributed by atoms with van der Waals surface area (Å²) < 4.78 is 10.2. The highest BCUT2D eigenvalue weighted by Gasteiger charge is 2.29. The minimum Gasteiger partial charge on any atom is -0.465 e. The summed E-state index contributed by atoms with van der Waals surface area (Å²) in [5.41, 5.74) is 1.64. The molecule has 20 heavy (non-hydrogen) atoms. The van der Waals surface area contributed by atoms with E-state index in [2.05, 4.69) is 14.9 Å². The van der Waals surface area contributed by atoms with Gasteiger partial charge in [-0.3, -0.25) is 0 Å². The topological polar surface area (TPSA) is 65.2 Å². The van der Waals surface area contributed by atoms with Gasteiger partial charge in [0.2, 0.25) is 5.89 Å². The molecule has 1 heterocycles. The van der Waals surface area contributed by atoms with Gasteiger partial charge in [-0.15, -0.1) is 10.2 Å². The zero-order chi connectivity index (χ0) is 13.9. The number of aromatic nitrogens is 2.